The molecule has 28 heavy (non-hydrogen) atoms. The molecule has 0 saturated carbocycles. The average Bonchev–Trinajstić information content (AvgIpc) is 2.68. The Kier molecular flexibility index (Phi) is 7.34. The molecule has 0 saturated heterocycles. The van der Waals surface area contributed by atoms with Crippen LogP contribution in [0.5, 0.6) is 5.75 Å². The second kappa shape index (κ2) is 9.94. The van der Waals surface area contributed by atoms with Gasteiger partial charge in [0.1, 0.15) is 11.6 Å². The number of rotatable bonds is 8. The molecule has 1 aliphatic heterocycles. The van der Waals surface area contributed by atoms with Crippen LogP contribution in [0.3, 0.4) is 0 Å². The minimum Gasteiger partial charge on any atom is -0.467 e. The Balaban J connectivity index is 1.55. The first-order valence-electron chi connectivity index (χ1n) is 9.49. The number of carbonyl (C=O) groups is 1. The second-order valence-electron chi connectivity index (χ2n) is 7.17. The SMILES string of the molecule is CC(C)C(SCc1ccccc1)C(=O)NCCc1cc(F)cc2c1OCOC2. The van der Waals surface area contributed by atoms with Gasteiger partial charge in [0.2, 0.25) is 5.91 Å². The summed E-state index contributed by atoms with van der Waals surface area (Å²) in [5, 5.41) is 2.87. The van der Waals surface area contributed by atoms with Crippen LogP contribution >= 0.6 is 11.8 Å². The van der Waals surface area contributed by atoms with E-state index in [4.69, 9.17) is 9.47 Å². The van der Waals surface area contributed by atoms with Crippen molar-refractivity contribution in [1.82, 2.24) is 5.32 Å². The summed E-state index contributed by atoms with van der Waals surface area (Å²) >= 11 is 1.65. The molecule has 4 nitrogen and oxygen atoms in total. The quantitative estimate of drug-likeness (QED) is 0.714. The minimum atomic E-state index is -0.312. The van der Waals surface area contributed by atoms with Gasteiger partial charge in [-0.05, 0) is 35.6 Å². The molecular formula is C22H26FNO3S. The minimum absolute atomic E-state index is 0.0189. The molecule has 1 aliphatic rings. The van der Waals surface area contributed by atoms with Crippen LogP contribution in [-0.4, -0.2) is 24.5 Å². The lowest BCUT2D eigenvalue weighted by atomic mass is 10.0. The van der Waals surface area contributed by atoms with E-state index in [0.717, 1.165) is 11.3 Å². The first kappa shape index (κ1) is 20.7. The van der Waals surface area contributed by atoms with E-state index in [9.17, 15) is 9.18 Å². The monoisotopic (exact) mass is 403 g/mol. The van der Waals surface area contributed by atoms with Crippen molar-refractivity contribution in [3.05, 3.63) is 65.0 Å². The van der Waals surface area contributed by atoms with Crippen LogP contribution in [0.4, 0.5) is 4.39 Å². The van der Waals surface area contributed by atoms with Crippen LogP contribution in [0.15, 0.2) is 42.5 Å². The molecule has 0 aliphatic carbocycles. The number of carbonyl (C=O) groups excluding carboxylic acids is 1. The summed E-state index contributed by atoms with van der Waals surface area (Å²) in [4.78, 5) is 12.7. The molecule has 2 aromatic carbocycles. The maximum absolute atomic E-state index is 13.8. The third-order valence-electron chi connectivity index (χ3n) is 4.58. The maximum Gasteiger partial charge on any atom is 0.233 e. The first-order chi connectivity index (χ1) is 13.5. The lowest BCUT2D eigenvalue weighted by Gasteiger charge is -2.22. The summed E-state index contributed by atoms with van der Waals surface area (Å²) in [5.41, 5.74) is 2.68. The van der Waals surface area contributed by atoms with E-state index in [2.05, 4.69) is 31.3 Å². The fraction of sp³-hybridized carbons (Fsp3) is 0.409. The van der Waals surface area contributed by atoms with Crippen LogP contribution in [0.2, 0.25) is 0 Å². The largest absolute Gasteiger partial charge is 0.467 e. The molecule has 1 unspecified atom stereocenters. The maximum atomic E-state index is 13.8. The van der Waals surface area contributed by atoms with Crippen LogP contribution in [-0.2, 0) is 28.3 Å². The third-order valence-corrected chi connectivity index (χ3v) is 6.20. The van der Waals surface area contributed by atoms with Crippen molar-refractivity contribution >= 4 is 17.7 Å². The summed E-state index contributed by atoms with van der Waals surface area (Å²) < 4.78 is 24.6. The van der Waals surface area contributed by atoms with Crippen LogP contribution in [0.25, 0.3) is 0 Å². The van der Waals surface area contributed by atoms with E-state index in [1.165, 1.54) is 17.7 Å². The zero-order valence-electron chi connectivity index (χ0n) is 16.2. The fourth-order valence-corrected chi connectivity index (χ4v) is 4.38. The first-order valence-corrected chi connectivity index (χ1v) is 10.5. The Morgan fingerprint density at radius 3 is 2.79 bits per heavy atom. The molecular weight excluding hydrogens is 377 g/mol. The summed E-state index contributed by atoms with van der Waals surface area (Å²) in [5.74, 6) is 1.40. The lowest BCUT2D eigenvalue weighted by Crippen LogP contribution is -2.37. The Hall–Kier alpha value is -2.05. The van der Waals surface area contributed by atoms with Gasteiger partial charge in [-0.3, -0.25) is 4.79 Å². The molecule has 0 radical (unpaired) electrons. The number of nitrogens with one attached hydrogen (secondary N) is 1. The van der Waals surface area contributed by atoms with Crippen molar-refractivity contribution in [2.24, 2.45) is 5.92 Å². The lowest BCUT2D eigenvalue weighted by molar-refractivity contribution is -0.121. The zero-order valence-corrected chi connectivity index (χ0v) is 17.1. The van der Waals surface area contributed by atoms with Crippen LogP contribution in [0.1, 0.15) is 30.5 Å². The standard InChI is InChI=1S/C22H26FNO3S/c1-15(2)21(28-13-16-6-4-3-5-7-16)22(25)24-9-8-17-10-19(23)11-18-12-26-14-27-20(17)18/h3-7,10-11,15,21H,8-9,12-14H2,1-2H3,(H,24,25). The molecule has 6 heteroatoms. The van der Waals surface area contributed by atoms with Crippen molar-refractivity contribution < 1.29 is 18.7 Å². The number of hydrogen-bond acceptors (Lipinski definition) is 4. The molecule has 1 heterocycles. The Morgan fingerprint density at radius 1 is 1.25 bits per heavy atom. The highest BCUT2D eigenvalue weighted by Crippen LogP contribution is 2.30. The van der Waals surface area contributed by atoms with Gasteiger partial charge in [0, 0.05) is 17.9 Å². The number of hydrogen-bond donors (Lipinski definition) is 1. The molecule has 1 N–H and O–H groups in total. The normalized spacial score (nSPS) is 14.3. The van der Waals surface area contributed by atoms with Crippen LogP contribution in [0, 0.1) is 11.7 Å². The van der Waals surface area contributed by atoms with E-state index in [-0.39, 0.29) is 29.7 Å². The number of benzene rings is 2. The van der Waals surface area contributed by atoms with Gasteiger partial charge in [0.15, 0.2) is 6.79 Å². The van der Waals surface area contributed by atoms with Crippen molar-refractivity contribution in [3.63, 3.8) is 0 Å². The highest BCUT2D eigenvalue weighted by Gasteiger charge is 2.23. The predicted octanol–water partition coefficient (Wildman–Crippen LogP) is 4.31. The number of fused-ring (bicyclic) bond motifs is 1. The Labute approximate surface area is 169 Å². The summed E-state index contributed by atoms with van der Waals surface area (Å²) in [6.07, 6.45) is 0.514. The molecule has 0 aromatic heterocycles. The van der Waals surface area contributed by atoms with Gasteiger partial charge in [-0.2, -0.15) is 0 Å². The van der Waals surface area contributed by atoms with Crippen molar-refractivity contribution in [2.75, 3.05) is 13.3 Å². The van der Waals surface area contributed by atoms with E-state index in [0.29, 0.717) is 30.9 Å². The van der Waals surface area contributed by atoms with E-state index >= 15 is 0 Å². The number of amides is 1. The Bertz CT molecular complexity index is 798. The molecule has 1 atom stereocenters. The van der Waals surface area contributed by atoms with Gasteiger partial charge >= 0.3 is 0 Å². The van der Waals surface area contributed by atoms with Gasteiger partial charge in [0.25, 0.3) is 0 Å². The second-order valence-corrected chi connectivity index (χ2v) is 8.30. The van der Waals surface area contributed by atoms with Crippen molar-refractivity contribution in [2.45, 2.75) is 37.9 Å². The molecule has 150 valence electrons. The highest BCUT2D eigenvalue weighted by atomic mass is 32.2. The smallest absolute Gasteiger partial charge is 0.233 e. The summed E-state index contributed by atoms with van der Waals surface area (Å²) in [6, 6.07) is 13.0. The molecule has 3 rings (SSSR count). The van der Waals surface area contributed by atoms with Crippen molar-refractivity contribution in [3.8, 4) is 5.75 Å². The third kappa shape index (κ3) is 5.49. The van der Waals surface area contributed by atoms with E-state index < -0.39 is 0 Å². The van der Waals surface area contributed by atoms with Gasteiger partial charge in [-0.15, -0.1) is 11.8 Å². The molecule has 2 aromatic rings. The number of halogens is 1. The van der Waals surface area contributed by atoms with Gasteiger partial charge < -0.3 is 14.8 Å². The summed E-state index contributed by atoms with van der Waals surface area (Å²) in [6.45, 7) is 5.06. The van der Waals surface area contributed by atoms with E-state index in [1.54, 1.807) is 11.8 Å². The van der Waals surface area contributed by atoms with Crippen molar-refractivity contribution in [1.29, 1.82) is 0 Å². The topological polar surface area (TPSA) is 47.6 Å². The Morgan fingerprint density at radius 2 is 2.04 bits per heavy atom. The number of ether oxygens (including phenoxy) is 2. The molecule has 0 fully saturated rings. The highest BCUT2D eigenvalue weighted by molar-refractivity contribution is 7.99. The predicted molar refractivity (Wildman–Crippen MR) is 110 cm³/mol. The molecule has 0 bridgehead atoms. The van der Waals surface area contributed by atoms with E-state index in [1.807, 2.05) is 18.2 Å². The average molecular weight is 404 g/mol. The summed E-state index contributed by atoms with van der Waals surface area (Å²) in [7, 11) is 0. The fourth-order valence-electron chi connectivity index (χ4n) is 3.19. The van der Waals surface area contributed by atoms with Crippen LogP contribution < -0.4 is 10.1 Å². The molecule has 0 spiro atoms. The van der Waals surface area contributed by atoms with Gasteiger partial charge in [-0.25, -0.2) is 4.39 Å². The zero-order chi connectivity index (χ0) is 19.9. The van der Waals surface area contributed by atoms with Gasteiger partial charge in [-0.1, -0.05) is 44.2 Å². The molecule has 1 amide bonds. The van der Waals surface area contributed by atoms with Gasteiger partial charge in [0.05, 0.1) is 11.9 Å². The number of thioether (sulfide) groups is 1.